The summed E-state index contributed by atoms with van der Waals surface area (Å²) in [5.41, 5.74) is 6.26. The molecular formula is C43H50N8O6. The normalized spacial score (nSPS) is 18.9. The van der Waals surface area contributed by atoms with Crippen LogP contribution >= 0.6 is 0 Å². The molecule has 0 spiro atoms. The number of hydrogen-bond donors (Lipinski definition) is 4. The number of aromatic nitrogens is 4. The van der Waals surface area contributed by atoms with Gasteiger partial charge in [-0.2, -0.15) is 0 Å². The average Bonchev–Trinajstić information content (AvgIpc) is 3.59. The third kappa shape index (κ3) is 8.52. The molecule has 0 unspecified atom stereocenters. The standard InChI is InChI=1S/C43H50N8O6/c1-24(2)36(48-42(54)56-5)40(52)50-19-7-8-34(50)39-45-31-18-13-27(20-32(31)46-39)10-9-26-11-14-29(15-12-26)33-22-44-38(47-33)35-21-30(28-16-17-28)23-51(35)41(53)37(25(3)4)49-43(55)57-6/h11-15,18,20-22,24-25,28,34-37H,7-8,16-17,19,23H2,1-6H3,(H,44,47)(H,45,46)(H,48,54)(H,49,55)/t34-,35-,36-,37-/m0/s1. The van der Waals surface area contributed by atoms with Gasteiger partial charge in [-0.05, 0) is 84.9 Å². The molecule has 0 radical (unpaired) electrons. The summed E-state index contributed by atoms with van der Waals surface area (Å²) in [5, 5.41) is 5.41. The number of nitrogens with one attached hydrogen (secondary N) is 4. The minimum absolute atomic E-state index is 0.114. The van der Waals surface area contributed by atoms with Gasteiger partial charge >= 0.3 is 12.2 Å². The topological polar surface area (TPSA) is 175 Å². The highest BCUT2D eigenvalue weighted by atomic mass is 16.5. The number of alkyl carbamates (subject to hydrolysis) is 2. The highest BCUT2D eigenvalue weighted by Crippen LogP contribution is 2.43. The number of rotatable bonds is 10. The maximum Gasteiger partial charge on any atom is 0.407 e. The van der Waals surface area contributed by atoms with Crippen LogP contribution in [0.3, 0.4) is 0 Å². The number of ether oxygens (including phenoxy) is 2. The van der Waals surface area contributed by atoms with Crippen LogP contribution in [0.25, 0.3) is 22.3 Å². The van der Waals surface area contributed by atoms with Crippen molar-refractivity contribution in [2.24, 2.45) is 17.8 Å². The van der Waals surface area contributed by atoms with Crippen molar-refractivity contribution in [3.8, 4) is 23.1 Å². The Balaban J connectivity index is 1.04. The van der Waals surface area contributed by atoms with Crippen LogP contribution in [0, 0.1) is 29.6 Å². The van der Waals surface area contributed by atoms with Gasteiger partial charge in [0, 0.05) is 24.2 Å². The second-order valence-electron chi connectivity index (χ2n) is 15.7. The molecule has 1 aliphatic carbocycles. The summed E-state index contributed by atoms with van der Waals surface area (Å²) < 4.78 is 9.56. The molecule has 4 N–H and O–H groups in total. The minimum atomic E-state index is -0.726. The van der Waals surface area contributed by atoms with Crippen molar-refractivity contribution < 1.29 is 28.7 Å². The molecular weight excluding hydrogens is 725 g/mol. The Bertz CT molecular complexity index is 2240. The molecule has 3 aliphatic rings. The van der Waals surface area contributed by atoms with Gasteiger partial charge in [0.25, 0.3) is 0 Å². The highest BCUT2D eigenvalue weighted by Gasteiger charge is 2.41. The Morgan fingerprint density at radius 3 is 2.07 bits per heavy atom. The number of hydrogen-bond acceptors (Lipinski definition) is 8. The smallest absolute Gasteiger partial charge is 0.407 e. The van der Waals surface area contributed by atoms with Crippen LogP contribution < -0.4 is 10.6 Å². The van der Waals surface area contributed by atoms with E-state index in [1.165, 1.54) is 19.8 Å². The van der Waals surface area contributed by atoms with Gasteiger partial charge in [-0.25, -0.2) is 19.6 Å². The lowest BCUT2D eigenvalue weighted by atomic mass is 10.0. The maximum absolute atomic E-state index is 13.9. The van der Waals surface area contributed by atoms with Gasteiger partial charge in [-0.15, -0.1) is 0 Å². The van der Waals surface area contributed by atoms with E-state index in [9.17, 15) is 19.2 Å². The predicted octanol–water partition coefficient (Wildman–Crippen LogP) is 6.00. The van der Waals surface area contributed by atoms with Crippen LogP contribution in [0.5, 0.6) is 0 Å². The molecule has 298 valence electrons. The van der Waals surface area contributed by atoms with Crippen LogP contribution in [0.15, 0.2) is 60.3 Å². The zero-order chi connectivity index (χ0) is 40.4. The molecule has 2 aromatic heterocycles. The molecule has 1 saturated carbocycles. The quantitative estimate of drug-likeness (QED) is 0.112. The SMILES string of the molecule is COC(=O)N[C@H](C(=O)N1CC(C2CC2)=C[C@H]1c1ncc(-c2ccc(C#Cc3ccc4nc([C@@H]5CCCN5C(=O)[C@@H](NC(=O)OC)C(C)C)[nH]c4c3)cc2)[nH]1)C(C)C. The third-order valence-corrected chi connectivity index (χ3v) is 11.0. The first kappa shape index (κ1) is 39.1. The summed E-state index contributed by atoms with van der Waals surface area (Å²) in [6, 6.07) is 11.7. The van der Waals surface area contributed by atoms with E-state index < -0.39 is 24.3 Å². The number of methoxy groups -OCH3 is 2. The molecule has 4 heterocycles. The molecule has 14 heteroatoms. The average molecular weight is 775 g/mol. The summed E-state index contributed by atoms with van der Waals surface area (Å²) in [5.74, 6) is 7.82. The van der Waals surface area contributed by atoms with Crippen molar-refractivity contribution in [2.75, 3.05) is 27.3 Å². The molecule has 4 atom stereocenters. The van der Waals surface area contributed by atoms with Gasteiger partial charge in [0.05, 0.1) is 43.2 Å². The van der Waals surface area contributed by atoms with Crippen molar-refractivity contribution in [2.45, 2.75) is 77.5 Å². The zero-order valence-corrected chi connectivity index (χ0v) is 33.2. The second-order valence-corrected chi connectivity index (χ2v) is 15.7. The summed E-state index contributed by atoms with van der Waals surface area (Å²) in [6.07, 6.45) is 6.50. The van der Waals surface area contributed by atoms with Crippen LogP contribution in [0.4, 0.5) is 9.59 Å². The number of imidazole rings is 2. The first-order valence-electron chi connectivity index (χ1n) is 19.6. The fourth-order valence-corrected chi connectivity index (χ4v) is 7.65. The fourth-order valence-electron chi connectivity index (χ4n) is 7.65. The van der Waals surface area contributed by atoms with Gasteiger partial charge in [0.2, 0.25) is 11.8 Å². The number of amides is 4. The molecule has 57 heavy (non-hydrogen) atoms. The summed E-state index contributed by atoms with van der Waals surface area (Å²) in [4.78, 5) is 71.5. The Morgan fingerprint density at radius 2 is 1.44 bits per heavy atom. The van der Waals surface area contributed by atoms with Crippen molar-refractivity contribution >= 4 is 35.0 Å². The molecule has 1 saturated heterocycles. The van der Waals surface area contributed by atoms with Crippen molar-refractivity contribution in [3.63, 3.8) is 0 Å². The van der Waals surface area contributed by atoms with Crippen molar-refractivity contribution in [1.82, 2.24) is 40.4 Å². The van der Waals surface area contributed by atoms with E-state index >= 15 is 0 Å². The number of H-pyrrole nitrogens is 2. The van der Waals surface area contributed by atoms with E-state index in [1.807, 2.05) is 70.2 Å². The van der Waals surface area contributed by atoms with Gasteiger partial charge in [0.1, 0.15) is 29.8 Å². The van der Waals surface area contributed by atoms with Gasteiger partial charge in [0.15, 0.2) is 0 Å². The lowest BCUT2D eigenvalue weighted by molar-refractivity contribution is -0.136. The van der Waals surface area contributed by atoms with Gasteiger partial charge in [-0.3, -0.25) is 9.59 Å². The number of likely N-dealkylation sites (tertiary alicyclic amines) is 1. The van der Waals surface area contributed by atoms with E-state index in [1.54, 1.807) is 16.0 Å². The van der Waals surface area contributed by atoms with Crippen molar-refractivity contribution in [1.29, 1.82) is 0 Å². The Kier molecular flexibility index (Phi) is 11.4. The number of carbonyl (C=O) groups excluding carboxylic acids is 4. The van der Waals surface area contributed by atoms with Crippen LogP contribution in [-0.4, -0.2) is 93.1 Å². The van der Waals surface area contributed by atoms with Crippen LogP contribution in [-0.2, 0) is 19.1 Å². The lowest BCUT2D eigenvalue weighted by Crippen LogP contribution is -2.51. The number of aromatic amines is 2. The molecule has 2 aromatic carbocycles. The predicted molar refractivity (Wildman–Crippen MR) is 213 cm³/mol. The van der Waals surface area contributed by atoms with Gasteiger partial charge < -0.3 is 39.9 Å². The Hall–Kier alpha value is -6.10. The maximum atomic E-state index is 13.9. The number of fused-ring (bicyclic) bond motifs is 1. The molecule has 7 rings (SSSR count). The first-order valence-corrected chi connectivity index (χ1v) is 19.6. The monoisotopic (exact) mass is 774 g/mol. The molecule has 0 bridgehead atoms. The van der Waals surface area contributed by atoms with Crippen LogP contribution in [0.2, 0.25) is 0 Å². The Morgan fingerprint density at radius 1 is 0.807 bits per heavy atom. The second kappa shape index (κ2) is 16.6. The van der Waals surface area contributed by atoms with Gasteiger partial charge in [-0.1, -0.05) is 57.7 Å². The Labute approximate surface area is 332 Å². The van der Waals surface area contributed by atoms with E-state index in [2.05, 4.69) is 38.5 Å². The number of benzene rings is 2. The zero-order valence-electron chi connectivity index (χ0n) is 33.2. The van der Waals surface area contributed by atoms with E-state index in [4.69, 9.17) is 19.4 Å². The van der Waals surface area contributed by atoms with Crippen LogP contribution in [0.1, 0.15) is 88.2 Å². The molecule has 14 nitrogen and oxygen atoms in total. The lowest BCUT2D eigenvalue weighted by Gasteiger charge is -2.30. The van der Waals surface area contributed by atoms with E-state index in [0.29, 0.717) is 30.7 Å². The molecule has 4 amide bonds. The largest absolute Gasteiger partial charge is 0.453 e. The molecule has 4 aromatic rings. The summed E-state index contributed by atoms with van der Waals surface area (Å²) >= 11 is 0. The minimum Gasteiger partial charge on any atom is -0.453 e. The molecule has 2 aliphatic heterocycles. The van der Waals surface area contributed by atoms with E-state index in [-0.39, 0.29) is 35.7 Å². The molecule has 2 fully saturated rings. The third-order valence-electron chi connectivity index (χ3n) is 11.0. The number of carbonyl (C=O) groups is 4. The van der Waals surface area contributed by atoms with Crippen molar-refractivity contribution in [3.05, 3.63) is 83.1 Å². The summed E-state index contributed by atoms with van der Waals surface area (Å²) in [6.45, 7) is 8.69. The number of nitrogens with zero attached hydrogens (tertiary/aromatic N) is 4. The highest BCUT2D eigenvalue weighted by molar-refractivity contribution is 5.88. The van der Waals surface area contributed by atoms with E-state index in [0.717, 1.165) is 59.1 Å². The summed E-state index contributed by atoms with van der Waals surface area (Å²) in [7, 11) is 2.58. The fraction of sp³-hybridized carbons (Fsp3) is 0.442. The first-order chi connectivity index (χ1) is 27.4.